The molecule has 2 aromatic rings. The summed E-state index contributed by atoms with van der Waals surface area (Å²) in [5.41, 5.74) is 4.16. The third-order valence-electron chi connectivity index (χ3n) is 4.03. The van der Waals surface area contributed by atoms with E-state index < -0.39 is 0 Å². The fraction of sp³-hybridized carbons (Fsp3) is 0.294. The molecule has 1 aliphatic rings. The summed E-state index contributed by atoms with van der Waals surface area (Å²) >= 11 is 9.60. The second-order valence-electron chi connectivity index (χ2n) is 5.34. The summed E-state index contributed by atoms with van der Waals surface area (Å²) in [6.07, 6.45) is 2.30. The first-order valence-electron chi connectivity index (χ1n) is 6.94. The normalized spacial score (nSPS) is 18.9. The minimum Gasteiger partial charge on any atom is -0.303 e. The molecule has 1 N–H and O–H groups in total. The molecule has 0 fully saturated rings. The molecule has 3 heteroatoms. The average molecular weight is 351 g/mol. The molecular formula is C17H17BrClN. The quantitative estimate of drug-likeness (QED) is 0.777. The number of rotatable bonds is 3. The summed E-state index contributed by atoms with van der Waals surface area (Å²) in [5.74, 6) is 0. The Bertz CT molecular complexity index is 609. The van der Waals surface area contributed by atoms with Crippen LogP contribution < -0.4 is 5.32 Å². The Kier molecular flexibility index (Phi) is 4.16. The predicted molar refractivity (Wildman–Crippen MR) is 88.2 cm³/mol. The zero-order valence-electron chi connectivity index (χ0n) is 11.4. The molecule has 0 spiro atoms. The van der Waals surface area contributed by atoms with E-state index >= 15 is 0 Å². The third kappa shape index (κ3) is 2.78. The minimum absolute atomic E-state index is 0.321. The van der Waals surface area contributed by atoms with E-state index in [2.05, 4.69) is 58.5 Å². The van der Waals surface area contributed by atoms with E-state index in [9.17, 15) is 0 Å². The fourth-order valence-corrected chi connectivity index (χ4v) is 3.64. The van der Waals surface area contributed by atoms with Crippen molar-refractivity contribution in [1.82, 2.24) is 5.32 Å². The van der Waals surface area contributed by atoms with Gasteiger partial charge in [-0.2, -0.15) is 0 Å². The lowest BCUT2D eigenvalue weighted by atomic mass is 10.0. The van der Waals surface area contributed by atoms with Gasteiger partial charge in [0.2, 0.25) is 0 Å². The Balaban J connectivity index is 1.77. The van der Waals surface area contributed by atoms with Gasteiger partial charge in [0, 0.05) is 21.6 Å². The zero-order chi connectivity index (χ0) is 14.1. The molecule has 2 aromatic carbocycles. The average Bonchev–Trinajstić information content (AvgIpc) is 2.84. The largest absolute Gasteiger partial charge is 0.303 e. The molecule has 0 heterocycles. The number of hydrogen-bond acceptors (Lipinski definition) is 1. The molecule has 0 saturated heterocycles. The Morgan fingerprint density at radius 2 is 1.95 bits per heavy atom. The molecule has 0 radical (unpaired) electrons. The van der Waals surface area contributed by atoms with Crippen molar-refractivity contribution < 1.29 is 0 Å². The summed E-state index contributed by atoms with van der Waals surface area (Å²) in [6.45, 7) is 2.21. The molecule has 1 aliphatic carbocycles. The molecule has 0 aromatic heterocycles. The van der Waals surface area contributed by atoms with Gasteiger partial charge in [-0.05, 0) is 54.7 Å². The van der Waals surface area contributed by atoms with Gasteiger partial charge in [0.05, 0.1) is 0 Å². The van der Waals surface area contributed by atoms with Gasteiger partial charge in [0.25, 0.3) is 0 Å². The van der Waals surface area contributed by atoms with Crippen LogP contribution in [0.3, 0.4) is 0 Å². The van der Waals surface area contributed by atoms with Gasteiger partial charge >= 0.3 is 0 Å². The molecule has 0 saturated carbocycles. The van der Waals surface area contributed by atoms with Crippen molar-refractivity contribution in [1.29, 1.82) is 0 Å². The Hall–Kier alpha value is -0.830. The highest BCUT2D eigenvalue weighted by molar-refractivity contribution is 9.10. The van der Waals surface area contributed by atoms with Crippen LogP contribution in [0.1, 0.15) is 42.1 Å². The van der Waals surface area contributed by atoms with Crippen LogP contribution in [0.2, 0.25) is 5.02 Å². The van der Waals surface area contributed by atoms with E-state index in [1.807, 2.05) is 12.1 Å². The van der Waals surface area contributed by atoms with E-state index in [4.69, 9.17) is 11.6 Å². The van der Waals surface area contributed by atoms with Crippen molar-refractivity contribution in [3.8, 4) is 0 Å². The molecule has 104 valence electrons. The van der Waals surface area contributed by atoms with Crippen LogP contribution in [0, 0.1) is 0 Å². The van der Waals surface area contributed by atoms with E-state index in [0.29, 0.717) is 12.1 Å². The number of halogens is 2. The van der Waals surface area contributed by atoms with Crippen LogP contribution in [-0.2, 0) is 6.42 Å². The predicted octanol–water partition coefficient (Wildman–Crippen LogP) is 5.44. The number of hydrogen-bond donors (Lipinski definition) is 1. The molecular weight excluding hydrogens is 334 g/mol. The van der Waals surface area contributed by atoms with Gasteiger partial charge in [-0.3, -0.25) is 0 Å². The molecule has 3 rings (SSSR count). The molecule has 0 amide bonds. The highest BCUT2D eigenvalue weighted by Crippen LogP contribution is 2.36. The van der Waals surface area contributed by atoms with Crippen LogP contribution in [0.4, 0.5) is 0 Å². The topological polar surface area (TPSA) is 12.0 Å². The first-order valence-corrected chi connectivity index (χ1v) is 8.11. The Morgan fingerprint density at radius 3 is 2.70 bits per heavy atom. The van der Waals surface area contributed by atoms with Crippen LogP contribution in [0.15, 0.2) is 46.9 Å². The maximum atomic E-state index is 5.95. The lowest BCUT2D eigenvalue weighted by Gasteiger charge is -2.21. The smallest absolute Gasteiger partial charge is 0.0406 e. The van der Waals surface area contributed by atoms with Crippen molar-refractivity contribution in [3.05, 3.63) is 68.7 Å². The SMILES string of the molecule is C[C@H](NC1CCc2c(Br)cccc21)c1ccc(Cl)cc1. The van der Waals surface area contributed by atoms with Gasteiger partial charge in [0.15, 0.2) is 0 Å². The molecule has 1 nitrogen and oxygen atoms in total. The Labute approximate surface area is 133 Å². The second-order valence-corrected chi connectivity index (χ2v) is 6.63. The van der Waals surface area contributed by atoms with Crippen molar-refractivity contribution in [3.63, 3.8) is 0 Å². The summed E-state index contributed by atoms with van der Waals surface area (Å²) in [7, 11) is 0. The first-order chi connectivity index (χ1) is 9.65. The summed E-state index contributed by atoms with van der Waals surface area (Å²) in [6, 6.07) is 15.3. The molecule has 2 atom stereocenters. The molecule has 20 heavy (non-hydrogen) atoms. The number of benzene rings is 2. The standard InChI is InChI=1S/C17H17BrClN/c1-11(12-5-7-13(19)8-6-12)20-17-10-9-14-15(17)3-2-4-16(14)18/h2-8,11,17,20H,9-10H2,1H3/t11-,17?/m0/s1. The highest BCUT2D eigenvalue weighted by atomic mass is 79.9. The van der Waals surface area contributed by atoms with Gasteiger partial charge in [-0.1, -0.05) is 51.8 Å². The third-order valence-corrected chi connectivity index (χ3v) is 5.03. The van der Waals surface area contributed by atoms with E-state index in [0.717, 1.165) is 17.9 Å². The van der Waals surface area contributed by atoms with Crippen LogP contribution in [-0.4, -0.2) is 0 Å². The van der Waals surface area contributed by atoms with Gasteiger partial charge in [-0.15, -0.1) is 0 Å². The molecule has 1 unspecified atom stereocenters. The van der Waals surface area contributed by atoms with Crippen molar-refractivity contribution in [2.24, 2.45) is 0 Å². The van der Waals surface area contributed by atoms with Crippen molar-refractivity contribution in [2.75, 3.05) is 0 Å². The second kappa shape index (κ2) is 5.88. The summed E-state index contributed by atoms with van der Waals surface area (Å²) in [4.78, 5) is 0. The van der Waals surface area contributed by atoms with Gasteiger partial charge in [-0.25, -0.2) is 0 Å². The lowest BCUT2D eigenvalue weighted by Crippen LogP contribution is -2.22. The minimum atomic E-state index is 0.321. The van der Waals surface area contributed by atoms with E-state index in [1.54, 1.807) is 0 Å². The van der Waals surface area contributed by atoms with Gasteiger partial charge in [0.1, 0.15) is 0 Å². The number of nitrogens with one attached hydrogen (secondary N) is 1. The molecule has 0 aliphatic heterocycles. The maximum absolute atomic E-state index is 5.95. The highest BCUT2D eigenvalue weighted by Gasteiger charge is 2.25. The van der Waals surface area contributed by atoms with Crippen LogP contribution >= 0.6 is 27.5 Å². The Morgan fingerprint density at radius 1 is 1.20 bits per heavy atom. The van der Waals surface area contributed by atoms with Crippen molar-refractivity contribution >= 4 is 27.5 Å². The van der Waals surface area contributed by atoms with Crippen LogP contribution in [0.5, 0.6) is 0 Å². The summed E-state index contributed by atoms with van der Waals surface area (Å²) in [5, 5.41) is 4.52. The first kappa shape index (κ1) is 14.1. The maximum Gasteiger partial charge on any atom is 0.0406 e. The summed E-state index contributed by atoms with van der Waals surface area (Å²) < 4.78 is 1.23. The van der Waals surface area contributed by atoms with E-state index in [-0.39, 0.29) is 0 Å². The number of fused-ring (bicyclic) bond motifs is 1. The van der Waals surface area contributed by atoms with Crippen LogP contribution in [0.25, 0.3) is 0 Å². The lowest BCUT2D eigenvalue weighted by molar-refractivity contribution is 0.465. The zero-order valence-corrected chi connectivity index (χ0v) is 13.7. The van der Waals surface area contributed by atoms with Gasteiger partial charge < -0.3 is 5.32 Å². The molecule has 0 bridgehead atoms. The van der Waals surface area contributed by atoms with E-state index in [1.165, 1.54) is 21.2 Å². The fourth-order valence-electron chi connectivity index (χ4n) is 2.93. The van der Waals surface area contributed by atoms with Crippen molar-refractivity contribution in [2.45, 2.75) is 31.8 Å². The monoisotopic (exact) mass is 349 g/mol.